The molecule has 1 aliphatic carbocycles. The molecule has 0 saturated heterocycles. The highest BCUT2D eigenvalue weighted by Crippen LogP contribution is 2.53. The predicted molar refractivity (Wildman–Crippen MR) is 218 cm³/mol. The van der Waals surface area contributed by atoms with E-state index >= 15 is 0 Å². The number of hydrogen-bond donors (Lipinski definition) is 0. The van der Waals surface area contributed by atoms with Gasteiger partial charge in [-0.1, -0.05) is 135 Å². The zero-order chi connectivity index (χ0) is 35.3. The zero-order valence-electron chi connectivity index (χ0n) is 29.3. The number of furan rings is 1. The van der Waals surface area contributed by atoms with Gasteiger partial charge < -0.3 is 8.98 Å². The summed E-state index contributed by atoms with van der Waals surface area (Å²) in [5.74, 6) is 0.672. The minimum atomic E-state index is -0.100. The fourth-order valence-electron chi connectivity index (χ4n) is 8.66. The van der Waals surface area contributed by atoms with E-state index in [0.29, 0.717) is 5.82 Å². The first-order valence-electron chi connectivity index (χ1n) is 18.2. The van der Waals surface area contributed by atoms with Crippen molar-refractivity contribution >= 4 is 43.7 Å². The fraction of sp³-hybridized carbons (Fsp3) is 0.0612. The SMILES string of the molecule is CC1(C)c2ccccc2-c2c1ccc1c3ccccc3n(-c3cccc(-c4nc(-c5ccccc5)cc(-c5ccc6c(c5)oc5ccccc56)n4)c3)c21. The van der Waals surface area contributed by atoms with Crippen LogP contribution in [0.15, 0.2) is 168 Å². The van der Waals surface area contributed by atoms with Crippen molar-refractivity contribution in [2.75, 3.05) is 0 Å². The van der Waals surface area contributed by atoms with E-state index in [1.807, 2.05) is 18.2 Å². The summed E-state index contributed by atoms with van der Waals surface area (Å²) in [5, 5.41) is 4.70. The van der Waals surface area contributed by atoms with Crippen molar-refractivity contribution in [3.63, 3.8) is 0 Å². The Balaban J connectivity index is 1.13. The second kappa shape index (κ2) is 11.1. The molecule has 3 aromatic heterocycles. The molecular formula is C49H33N3O. The van der Waals surface area contributed by atoms with Gasteiger partial charge in [0.25, 0.3) is 0 Å². The van der Waals surface area contributed by atoms with Gasteiger partial charge in [0.1, 0.15) is 11.2 Å². The average molecular weight is 680 g/mol. The smallest absolute Gasteiger partial charge is 0.160 e. The van der Waals surface area contributed by atoms with Crippen molar-refractivity contribution in [1.82, 2.24) is 14.5 Å². The van der Waals surface area contributed by atoms with Crippen LogP contribution in [-0.4, -0.2) is 14.5 Å². The molecule has 0 amide bonds. The summed E-state index contributed by atoms with van der Waals surface area (Å²) in [6.45, 7) is 4.69. The van der Waals surface area contributed by atoms with Crippen molar-refractivity contribution in [1.29, 1.82) is 0 Å². The highest BCUT2D eigenvalue weighted by atomic mass is 16.3. The molecule has 10 aromatic rings. The second-order valence-electron chi connectivity index (χ2n) is 14.6. The molecule has 53 heavy (non-hydrogen) atoms. The first-order chi connectivity index (χ1) is 26.0. The van der Waals surface area contributed by atoms with Crippen LogP contribution in [0, 0.1) is 0 Å². The Hall–Kier alpha value is -6.78. The Morgan fingerprint density at radius 2 is 1.19 bits per heavy atom. The Morgan fingerprint density at radius 3 is 2.08 bits per heavy atom. The summed E-state index contributed by atoms with van der Waals surface area (Å²) < 4.78 is 8.74. The fourth-order valence-corrected chi connectivity index (χ4v) is 8.66. The van der Waals surface area contributed by atoms with E-state index in [9.17, 15) is 0 Å². The summed E-state index contributed by atoms with van der Waals surface area (Å²) in [4.78, 5) is 10.5. The van der Waals surface area contributed by atoms with E-state index in [1.54, 1.807) is 0 Å². The Morgan fingerprint density at radius 1 is 0.491 bits per heavy atom. The largest absolute Gasteiger partial charge is 0.456 e. The number of para-hydroxylation sites is 2. The van der Waals surface area contributed by atoms with E-state index in [4.69, 9.17) is 14.4 Å². The molecule has 0 atom stereocenters. The number of hydrogen-bond acceptors (Lipinski definition) is 3. The van der Waals surface area contributed by atoms with Crippen LogP contribution in [0.1, 0.15) is 25.0 Å². The molecule has 0 aliphatic heterocycles. The van der Waals surface area contributed by atoms with Gasteiger partial charge >= 0.3 is 0 Å². The van der Waals surface area contributed by atoms with Crippen LogP contribution in [0.5, 0.6) is 0 Å². The van der Waals surface area contributed by atoms with Crippen molar-refractivity contribution in [2.45, 2.75) is 19.3 Å². The number of fused-ring (bicyclic) bond motifs is 10. The van der Waals surface area contributed by atoms with Crippen molar-refractivity contribution in [3.8, 4) is 50.7 Å². The molecular weight excluding hydrogens is 647 g/mol. The van der Waals surface area contributed by atoms with E-state index < -0.39 is 0 Å². The molecule has 1 aliphatic rings. The maximum absolute atomic E-state index is 6.29. The van der Waals surface area contributed by atoms with E-state index in [1.165, 1.54) is 44.1 Å². The lowest BCUT2D eigenvalue weighted by atomic mass is 9.82. The molecule has 0 N–H and O–H groups in total. The molecule has 4 nitrogen and oxygen atoms in total. The summed E-state index contributed by atoms with van der Waals surface area (Å²) in [6, 6.07) is 58.0. The molecule has 7 aromatic carbocycles. The first-order valence-corrected chi connectivity index (χ1v) is 18.2. The number of nitrogens with zero attached hydrogens (tertiary/aromatic N) is 3. The summed E-state index contributed by atoms with van der Waals surface area (Å²) >= 11 is 0. The molecule has 11 rings (SSSR count). The lowest BCUT2D eigenvalue weighted by molar-refractivity contribution is 0.661. The Kier molecular flexibility index (Phi) is 6.27. The lowest BCUT2D eigenvalue weighted by Crippen LogP contribution is -2.14. The quantitative estimate of drug-likeness (QED) is 0.186. The van der Waals surface area contributed by atoms with Crippen LogP contribution in [0.25, 0.3) is 94.5 Å². The van der Waals surface area contributed by atoms with Crippen molar-refractivity contribution in [2.24, 2.45) is 0 Å². The van der Waals surface area contributed by atoms with Gasteiger partial charge in [0.15, 0.2) is 5.82 Å². The molecule has 0 radical (unpaired) electrons. The van der Waals surface area contributed by atoms with Gasteiger partial charge in [0.2, 0.25) is 0 Å². The molecule has 0 unspecified atom stereocenters. The van der Waals surface area contributed by atoms with E-state index in [0.717, 1.165) is 55.7 Å². The van der Waals surface area contributed by atoms with Gasteiger partial charge in [-0.15, -0.1) is 0 Å². The maximum atomic E-state index is 6.29. The van der Waals surface area contributed by atoms with Gasteiger partial charge in [0.05, 0.1) is 22.4 Å². The number of rotatable bonds is 4. The van der Waals surface area contributed by atoms with Crippen molar-refractivity contribution < 1.29 is 4.42 Å². The Bertz CT molecular complexity index is 3090. The number of aromatic nitrogens is 3. The third-order valence-electron chi connectivity index (χ3n) is 11.2. The van der Waals surface area contributed by atoms with Crippen LogP contribution >= 0.6 is 0 Å². The summed E-state index contributed by atoms with van der Waals surface area (Å²) in [7, 11) is 0. The van der Waals surface area contributed by atoms with Crippen LogP contribution in [0.4, 0.5) is 0 Å². The molecule has 3 heterocycles. The van der Waals surface area contributed by atoms with Crippen LogP contribution in [0.2, 0.25) is 0 Å². The first kappa shape index (κ1) is 29.9. The minimum Gasteiger partial charge on any atom is -0.456 e. The lowest BCUT2D eigenvalue weighted by Gasteiger charge is -2.21. The monoisotopic (exact) mass is 679 g/mol. The molecule has 0 saturated carbocycles. The van der Waals surface area contributed by atoms with Gasteiger partial charge in [-0.2, -0.15) is 0 Å². The highest BCUT2D eigenvalue weighted by Gasteiger charge is 2.37. The molecule has 0 spiro atoms. The molecule has 250 valence electrons. The zero-order valence-corrected chi connectivity index (χ0v) is 29.3. The van der Waals surface area contributed by atoms with Crippen LogP contribution in [-0.2, 0) is 5.41 Å². The average Bonchev–Trinajstić information content (AvgIpc) is 3.83. The minimum absolute atomic E-state index is 0.100. The third kappa shape index (κ3) is 4.42. The number of benzene rings is 7. The molecule has 4 heteroatoms. The molecule has 0 bridgehead atoms. The van der Waals surface area contributed by atoms with Gasteiger partial charge in [0, 0.05) is 54.9 Å². The summed E-state index contributed by atoms with van der Waals surface area (Å²) in [6.07, 6.45) is 0. The third-order valence-corrected chi connectivity index (χ3v) is 11.2. The van der Waals surface area contributed by atoms with Gasteiger partial charge in [-0.3, -0.25) is 0 Å². The summed E-state index contributed by atoms with van der Waals surface area (Å²) in [5.41, 5.74) is 15.1. The van der Waals surface area contributed by atoms with Gasteiger partial charge in [-0.05, 0) is 59.2 Å². The van der Waals surface area contributed by atoms with Crippen molar-refractivity contribution in [3.05, 3.63) is 175 Å². The van der Waals surface area contributed by atoms with Crippen LogP contribution < -0.4 is 0 Å². The van der Waals surface area contributed by atoms with E-state index in [-0.39, 0.29) is 5.41 Å². The van der Waals surface area contributed by atoms with E-state index in [2.05, 4.69) is 164 Å². The van der Waals surface area contributed by atoms with Crippen LogP contribution in [0.3, 0.4) is 0 Å². The Labute approximate surface area is 306 Å². The molecule has 0 fully saturated rings. The predicted octanol–water partition coefficient (Wildman–Crippen LogP) is 12.8. The standard InChI is InChI=1S/C49H33N3O/c1-49(2)39-20-9-6-19-38(39)46-40(49)26-25-37-34-17-7-10-21-43(34)52(47(37)46)33-16-12-15-32(27-33)48-50-41(30-13-4-3-5-14-30)29-42(51-48)31-23-24-36-35-18-8-11-22-44(35)53-45(36)28-31/h3-29H,1-2H3. The topological polar surface area (TPSA) is 43.9 Å². The normalized spacial score (nSPS) is 13.2. The highest BCUT2D eigenvalue weighted by molar-refractivity contribution is 6.15. The maximum Gasteiger partial charge on any atom is 0.160 e. The second-order valence-corrected chi connectivity index (χ2v) is 14.6. The van der Waals surface area contributed by atoms with Gasteiger partial charge in [-0.25, -0.2) is 9.97 Å².